The van der Waals surface area contributed by atoms with Crippen molar-refractivity contribution in [1.29, 1.82) is 5.26 Å². The highest BCUT2D eigenvalue weighted by molar-refractivity contribution is 14.1. The largest absolute Gasteiger partial charge is 0.490 e. The molecular formula is C27H24ClIN2O3. The molecule has 0 aliphatic rings. The minimum absolute atomic E-state index is 0.0335. The number of rotatable bonds is 9. The molecule has 1 amide bonds. The molecule has 0 unspecified atom stereocenters. The van der Waals surface area contributed by atoms with Gasteiger partial charge in [-0.2, -0.15) is 5.26 Å². The average Bonchev–Trinajstić information content (AvgIpc) is 2.83. The van der Waals surface area contributed by atoms with Crippen LogP contribution in [0.4, 0.5) is 0 Å². The zero-order chi connectivity index (χ0) is 24.5. The van der Waals surface area contributed by atoms with Gasteiger partial charge in [-0.3, -0.25) is 4.79 Å². The van der Waals surface area contributed by atoms with Crippen molar-refractivity contribution < 1.29 is 14.3 Å². The van der Waals surface area contributed by atoms with Crippen molar-refractivity contribution in [3.8, 4) is 17.6 Å². The van der Waals surface area contributed by atoms with Gasteiger partial charge >= 0.3 is 0 Å². The molecule has 1 atom stereocenters. The Morgan fingerprint density at radius 1 is 1.15 bits per heavy atom. The molecule has 1 N–H and O–H groups in total. The second kappa shape index (κ2) is 12.4. The van der Waals surface area contributed by atoms with Crippen LogP contribution in [0.5, 0.6) is 11.5 Å². The summed E-state index contributed by atoms with van der Waals surface area (Å²) in [5.41, 5.74) is 2.48. The minimum atomic E-state index is -0.466. The number of halogens is 2. The summed E-state index contributed by atoms with van der Waals surface area (Å²) in [6, 6.07) is 22.6. The molecule has 3 rings (SSSR count). The number of amides is 1. The van der Waals surface area contributed by atoms with E-state index in [1.165, 1.54) is 6.08 Å². The highest BCUT2D eigenvalue weighted by Crippen LogP contribution is 2.38. The van der Waals surface area contributed by atoms with E-state index >= 15 is 0 Å². The molecule has 0 radical (unpaired) electrons. The van der Waals surface area contributed by atoms with E-state index in [9.17, 15) is 10.1 Å². The quantitative estimate of drug-likeness (QED) is 0.172. The number of ether oxygens (including phenoxy) is 2. The van der Waals surface area contributed by atoms with E-state index in [0.29, 0.717) is 35.3 Å². The molecule has 174 valence electrons. The van der Waals surface area contributed by atoms with Gasteiger partial charge in [-0.25, -0.2) is 0 Å². The standard InChI is InChI=1S/C27H24ClIN2O3/c1-3-33-25-15-20(14-24(28)26(25)34-17-19-9-11-23(29)12-10-19)13-22(16-30)27(32)31-18(2)21-7-5-4-6-8-21/h4-15,18H,3,17H2,1-2H3,(H,31,32)/b22-13-/t18-/m1/s1. The van der Waals surface area contributed by atoms with Crippen molar-refractivity contribution in [2.75, 3.05) is 6.61 Å². The smallest absolute Gasteiger partial charge is 0.262 e. The highest BCUT2D eigenvalue weighted by Gasteiger charge is 2.16. The molecule has 0 aromatic heterocycles. The fraction of sp³-hybridized carbons (Fsp3) is 0.185. The summed E-state index contributed by atoms with van der Waals surface area (Å²) in [5, 5.41) is 12.8. The molecule has 0 bridgehead atoms. The maximum Gasteiger partial charge on any atom is 0.262 e. The predicted octanol–water partition coefficient (Wildman–Crippen LogP) is 6.71. The van der Waals surface area contributed by atoms with Crippen LogP contribution in [-0.4, -0.2) is 12.5 Å². The Balaban J connectivity index is 1.81. The molecule has 0 spiro atoms. The molecule has 0 saturated heterocycles. The van der Waals surface area contributed by atoms with Crippen LogP contribution < -0.4 is 14.8 Å². The fourth-order valence-electron chi connectivity index (χ4n) is 3.23. The lowest BCUT2D eigenvalue weighted by Crippen LogP contribution is -2.27. The van der Waals surface area contributed by atoms with Crippen molar-refractivity contribution in [2.24, 2.45) is 0 Å². The molecule has 0 fully saturated rings. The predicted molar refractivity (Wildman–Crippen MR) is 143 cm³/mol. The second-order valence-electron chi connectivity index (χ2n) is 7.45. The SMILES string of the molecule is CCOc1cc(/C=C(/C#N)C(=O)N[C@H](C)c2ccccc2)cc(Cl)c1OCc1ccc(I)cc1. The normalized spacial score (nSPS) is 11.9. The molecule has 0 aliphatic heterocycles. The van der Waals surface area contributed by atoms with Crippen LogP contribution in [0.15, 0.2) is 72.3 Å². The zero-order valence-electron chi connectivity index (χ0n) is 18.8. The van der Waals surface area contributed by atoms with Crippen molar-refractivity contribution in [3.05, 3.63) is 97.6 Å². The van der Waals surface area contributed by atoms with Gasteiger partial charge in [0.05, 0.1) is 17.7 Å². The van der Waals surface area contributed by atoms with E-state index in [1.807, 2.05) is 74.5 Å². The monoisotopic (exact) mass is 586 g/mol. The van der Waals surface area contributed by atoms with Gasteiger partial charge < -0.3 is 14.8 Å². The molecule has 3 aromatic carbocycles. The Hall–Kier alpha value is -3.02. The fourth-order valence-corrected chi connectivity index (χ4v) is 3.86. The van der Waals surface area contributed by atoms with E-state index in [2.05, 4.69) is 27.9 Å². The van der Waals surface area contributed by atoms with Crippen molar-refractivity contribution >= 4 is 46.2 Å². The van der Waals surface area contributed by atoms with E-state index in [0.717, 1.165) is 14.7 Å². The summed E-state index contributed by atoms with van der Waals surface area (Å²) in [6.45, 7) is 4.46. The third kappa shape index (κ3) is 6.99. The second-order valence-corrected chi connectivity index (χ2v) is 9.11. The summed E-state index contributed by atoms with van der Waals surface area (Å²) >= 11 is 8.76. The first-order valence-electron chi connectivity index (χ1n) is 10.7. The molecule has 0 heterocycles. The molecular weight excluding hydrogens is 563 g/mol. The molecule has 5 nitrogen and oxygen atoms in total. The topological polar surface area (TPSA) is 71.3 Å². The van der Waals surface area contributed by atoms with Crippen LogP contribution in [0.2, 0.25) is 5.02 Å². The summed E-state index contributed by atoms with van der Waals surface area (Å²) < 4.78 is 12.8. The number of nitrogens with one attached hydrogen (secondary N) is 1. The maximum absolute atomic E-state index is 12.7. The van der Waals surface area contributed by atoms with Gasteiger partial charge in [-0.1, -0.05) is 54.1 Å². The van der Waals surface area contributed by atoms with E-state index in [4.69, 9.17) is 21.1 Å². The number of carbonyl (C=O) groups is 1. The third-order valence-corrected chi connectivity index (χ3v) is 5.95. The molecule has 34 heavy (non-hydrogen) atoms. The number of hydrogen-bond acceptors (Lipinski definition) is 4. The number of nitriles is 1. The van der Waals surface area contributed by atoms with E-state index in [1.54, 1.807) is 12.1 Å². The van der Waals surface area contributed by atoms with Gasteiger partial charge in [0.1, 0.15) is 18.2 Å². The summed E-state index contributed by atoms with van der Waals surface area (Å²) in [4.78, 5) is 12.7. The number of carbonyl (C=O) groups excluding carboxylic acids is 1. The van der Waals surface area contributed by atoms with Crippen molar-refractivity contribution in [1.82, 2.24) is 5.32 Å². The lowest BCUT2D eigenvalue weighted by Gasteiger charge is -2.15. The average molecular weight is 587 g/mol. The van der Waals surface area contributed by atoms with Crippen LogP contribution >= 0.6 is 34.2 Å². The number of nitrogens with zero attached hydrogens (tertiary/aromatic N) is 1. The minimum Gasteiger partial charge on any atom is -0.490 e. The number of hydrogen-bond donors (Lipinski definition) is 1. The van der Waals surface area contributed by atoms with Crippen LogP contribution in [0.1, 0.15) is 36.6 Å². The molecule has 3 aromatic rings. The molecule has 0 saturated carbocycles. The van der Waals surface area contributed by atoms with Gasteiger partial charge in [0.25, 0.3) is 5.91 Å². The Morgan fingerprint density at radius 2 is 1.85 bits per heavy atom. The van der Waals surface area contributed by atoms with Gasteiger partial charge in [0.15, 0.2) is 11.5 Å². The van der Waals surface area contributed by atoms with Gasteiger partial charge in [-0.15, -0.1) is 0 Å². The number of benzene rings is 3. The van der Waals surface area contributed by atoms with E-state index in [-0.39, 0.29) is 11.6 Å². The first-order valence-corrected chi connectivity index (χ1v) is 12.2. The first-order chi connectivity index (χ1) is 16.4. The third-order valence-electron chi connectivity index (χ3n) is 4.95. The van der Waals surface area contributed by atoms with Gasteiger partial charge in [0.2, 0.25) is 0 Å². The molecule has 0 aliphatic carbocycles. The molecule has 7 heteroatoms. The van der Waals surface area contributed by atoms with Crippen LogP contribution in [0.25, 0.3) is 6.08 Å². The van der Waals surface area contributed by atoms with E-state index < -0.39 is 5.91 Å². The van der Waals surface area contributed by atoms with Crippen molar-refractivity contribution in [2.45, 2.75) is 26.5 Å². The van der Waals surface area contributed by atoms with Gasteiger partial charge in [-0.05, 0) is 83.5 Å². The summed E-state index contributed by atoms with van der Waals surface area (Å²) in [6.07, 6.45) is 1.49. The van der Waals surface area contributed by atoms with Crippen LogP contribution in [0, 0.1) is 14.9 Å². The highest BCUT2D eigenvalue weighted by atomic mass is 127. The zero-order valence-corrected chi connectivity index (χ0v) is 21.8. The van der Waals surface area contributed by atoms with Crippen LogP contribution in [-0.2, 0) is 11.4 Å². The summed E-state index contributed by atoms with van der Waals surface area (Å²) in [7, 11) is 0. The Bertz CT molecular complexity index is 1210. The lowest BCUT2D eigenvalue weighted by molar-refractivity contribution is -0.117. The Labute approximate surface area is 218 Å². The Morgan fingerprint density at radius 3 is 2.50 bits per heavy atom. The van der Waals surface area contributed by atoms with Crippen LogP contribution in [0.3, 0.4) is 0 Å². The Kier molecular flexibility index (Phi) is 9.37. The van der Waals surface area contributed by atoms with Gasteiger partial charge in [0, 0.05) is 3.57 Å². The first kappa shape index (κ1) is 25.6. The van der Waals surface area contributed by atoms with Crippen molar-refractivity contribution in [3.63, 3.8) is 0 Å². The lowest BCUT2D eigenvalue weighted by atomic mass is 10.1. The maximum atomic E-state index is 12.7. The summed E-state index contributed by atoms with van der Waals surface area (Å²) in [5.74, 6) is 0.397.